The van der Waals surface area contributed by atoms with Crippen LogP contribution in [0.3, 0.4) is 0 Å². The second-order valence-electron chi connectivity index (χ2n) is 5.89. The molecule has 1 N–H and O–H groups in total. The SMILES string of the molecule is Cc1ccc(S(=O)(=O)O)c(C[C@@H]2CN(c3cccc(F)c3)C(=O)O2)c1. The van der Waals surface area contributed by atoms with Crippen LogP contribution in [-0.4, -0.2) is 31.7 Å². The Kier molecular flexibility index (Phi) is 4.49. The molecule has 0 spiro atoms. The summed E-state index contributed by atoms with van der Waals surface area (Å²) in [5.41, 5.74) is 1.54. The Hall–Kier alpha value is -2.45. The first-order chi connectivity index (χ1) is 11.7. The standard InChI is InChI=1S/C17H16FNO5S/c1-11-5-6-16(25(21,22)23)12(7-11)8-15-10-19(17(20)24-15)14-4-2-3-13(18)9-14/h2-7,9,15H,8,10H2,1H3,(H,21,22,23)/t15-/m1/s1. The zero-order valence-electron chi connectivity index (χ0n) is 13.3. The fourth-order valence-electron chi connectivity index (χ4n) is 2.85. The van der Waals surface area contributed by atoms with Gasteiger partial charge in [-0.05, 0) is 36.8 Å². The molecule has 1 heterocycles. The van der Waals surface area contributed by atoms with E-state index in [2.05, 4.69) is 0 Å². The van der Waals surface area contributed by atoms with E-state index in [1.165, 1.54) is 29.2 Å². The third kappa shape index (κ3) is 3.80. The lowest BCUT2D eigenvalue weighted by molar-refractivity contribution is 0.141. The lowest BCUT2D eigenvalue weighted by Gasteiger charge is -2.14. The summed E-state index contributed by atoms with van der Waals surface area (Å²) in [7, 11) is -4.38. The maximum atomic E-state index is 13.3. The number of hydrogen-bond acceptors (Lipinski definition) is 4. The summed E-state index contributed by atoms with van der Waals surface area (Å²) in [6.45, 7) is 1.94. The molecule has 0 radical (unpaired) electrons. The van der Waals surface area contributed by atoms with Crippen LogP contribution in [0.5, 0.6) is 0 Å². The molecule has 1 amide bonds. The topological polar surface area (TPSA) is 83.9 Å². The van der Waals surface area contributed by atoms with Crippen LogP contribution in [0.1, 0.15) is 11.1 Å². The molecule has 2 aromatic rings. The number of carbonyl (C=O) groups excluding carboxylic acids is 1. The summed E-state index contributed by atoms with van der Waals surface area (Å²) in [6, 6.07) is 10.1. The van der Waals surface area contributed by atoms with Crippen molar-refractivity contribution >= 4 is 21.9 Å². The number of benzene rings is 2. The second kappa shape index (κ2) is 6.45. The third-order valence-corrected chi connectivity index (χ3v) is 4.89. The van der Waals surface area contributed by atoms with Gasteiger partial charge in [0.05, 0.1) is 17.1 Å². The molecular weight excluding hydrogens is 349 g/mol. The van der Waals surface area contributed by atoms with Crippen molar-refractivity contribution in [1.82, 2.24) is 0 Å². The van der Waals surface area contributed by atoms with Crippen molar-refractivity contribution in [2.75, 3.05) is 11.4 Å². The molecule has 1 aliphatic heterocycles. The lowest BCUT2D eigenvalue weighted by Crippen LogP contribution is -2.25. The molecule has 6 nitrogen and oxygen atoms in total. The van der Waals surface area contributed by atoms with Gasteiger partial charge in [-0.1, -0.05) is 23.8 Å². The second-order valence-corrected chi connectivity index (χ2v) is 7.28. The van der Waals surface area contributed by atoms with Crippen LogP contribution in [0.4, 0.5) is 14.9 Å². The van der Waals surface area contributed by atoms with Crippen molar-refractivity contribution in [1.29, 1.82) is 0 Å². The van der Waals surface area contributed by atoms with Crippen molar-refractivity contribution in [3.8, 4) is 0 Å². The number of nitrogens with zero attached hydrogens (tertiary/aromatic N) is 1. The van der Waals surface area contributed by atoms with Gasteiger partial charge in [-0.2, -0.15) is 8.42 Å². The quantitative estimate of drug-likeness (QED) is 0.842. The van der Waals surface area contributed by atoms with Crippen molar-refractivity contribution < 1.29 is 26.9 Å². The molecule has 1 aliphatic rings. The van der Waals surface area contributed by atoms with Crippen LogP contribution < -0.4 is 4.90 Å². The minimum atomic E-state index is -4.38. The maximum Gasteiger partial charge on any atom is 0.414 e. The Morgan fingerprint density at radius 2 is 2.04 bits per heavy atom. The molecule has 3 rings (SSSR count). The maximum absolute atomic E-state index is 13.3. The molecule has 2 aromatic carbocycles. The van der Waals surface area contributed by atoms with Crippen LogP contribution in [0, 0.1) is 12.7 Å². The van der Waals surface area contributed by atoms with Gasteiger partial charge in [0.2, 0.25) is 0 Å². The fourth-order valence-corrected chi connectivity index (χ4v) is 3.56. The average Bonchev–Trinajstić information content (AvgIpc) is 2.86. The van der Waals surface area contributed by atoms with Gasteiger partial charge in [0.25, 0.3) is 10.1 Å². The van der Waals surface area contributed by atoms with Gasteiger partial charge in [0, 0.05) is 6.42 Å². The number of anilines is 1. The Balaban J connectivity index is 1.84. The van der Waals surface area contributed by atoms with Crippen molar-refractivity contribution in [2.24, 2.45) is 0 Å². The predicted molar refractivity (Wildman–Crippen MR) is 88.7 cm³/mol. The molecule has 0 unspecified atom stereocenters. The van der Waals surface area contributed by atoms with Gasteiger partial charge >= 0.3 is 6.09 Å². The predicted octanol–water partition coefficient (Wildman–Crippen LogP) is 2.95. The highest BCUT2D eigenvalue weighted by atomic mass is 32.2. The van der Waals surface area contributed by atoms with Gasteiger partial charge in [0.1, 0.15) is 11.9 Å². The monoisotopic (exact) mass is 365 g/mol. The van der Waals surface area contributed by atoms with E-state index in [1.54, 1.807) is 25.1 Å². The molecule has 132 valence electrons. The molecule has 1 saturated heterocycles. The van der Waals surface area contributed by atoms with Crippen LogP contribution in [0.15, 0.2) is 47.4 Å². The molecule has 8 heteroatoms. The third-order valence-electron chi connectivity index (χ3n) is 3.94. The highest BCUT2D eigenvalue weighted by Gasteiger charge is 2.33. The minimum absolute atomic E-state index is 0.119. The highest BCUT2D eigenvalue weighted by Crippen LogP contribution is 2.26. The van der Waals surface area contributed by atoms with Gasteiger partial charge in [-0.25, -0.2) is 9.18 Å². The smallest absolute Gasteiger partial charge is 0.414 e. The van der Waals surface area contributed by atoms with Crippen molar-refractivity contribution in [3.63, 3.8) is 0 Å². The summed E-state index contributed by atoms with van der Waals surface area (Å²) >= 11 is 0. The average molecular weight is 365 g/mol. The molecule has 0 aromatic heterocycles. The van der Waals surface area contributed by atoms with Gasteiger partial charge in [-0.15, -0.1) is 0 Å². The van der Waals surface area contributed by atoms with E-state index in [1.807, 2.05) is 0 Å². The molecule has 0 bridgehead atoms. The highest BCUT2D eigenvalue weighted by molar-refractivity contribution is 7.85. The summed E-state index contributed by atoms with van der Waals surface area (Å²) < 4.78 is 51.0. The number of halogens is 1. The molecule has 25 heavy (non-hydrogen) atoms. The zero-order chi connectivity index (χ0) is 18.2. The number of cyclic esters (lactones) is 1. The van der Waals surface area contributed by atoms with Crippen molar-refractivity contribution in [2.45, 2.75) is 24.3 Å². The van der Waals surface area contributed by atoms with E-state index in [0.29, 0.717) is 11.3 Å². The number of hydrogen-bond donors (Lipinski definition) is 1. The molecule has 0 aliphatic carbocycles. The first kappa shape index (κ1) is 17.4. The largest absolute Gasteiger partial charge is 0.444 e. The summed E-state index contributed by atoms with van der Waals surface area (Å²) in [6.07, 6.45) is -1.12. The fraction of sp³-hybridized carbons (Fsp3) is 0.235. The van der Waals surface area contributed by atoms with Crippen molar-refractivity contribution in [3.05, 3.63) is 59.4 Å². The van der Waals surface area contributed by atoms with E-state index < -0.39 is 28.1 Å². The van der Waals surface area contributed by atoms with Crippen LogP contribution >= 0.6 is 0 Å². The lowest BCUT2D eigenvalue weighted by atomic mass is 10.1. The normalized spacial score (nSPS) is 17.6. The molecule has 1 fully saturated rings. The number of ether oxygens (including phenoxy) is 1. The Morgan fingerprint density at radius 3 is 2.72 bits per heavy atom. The zero-order valence-corrected chi connectivity index (χ0v) is 14.2. The Morgan fingerprint density at radius 1 is 1.28 bits per heavy atom. The molecule has 1 atom stereocenters. The number of carbonyl (C=O) groups is 1. The van der Waals surface area contributed by atoms with E-state index in [0.717, 1.165) is 5.56 Å². The first-order valence-electron chi connectivity index (χ1n) is 7.55. The summed E-state index contributed by atoms with van der Waals surface area (Å²) in [5.74, 6) is -0.471. The summed E-state index contributed by atoms with van der Waals surface area (Å²) in [4.78, 5) is 13.1. The van der Waals surface area contributed by atoms with E-state index >= 15 is 0 Å². The van der Waals surface area contributed by atoms with Crippen LogP contribution in [0.25, 0.3) is 0 Å². The Labute approximate surface area is 144 Å². The Bertz CT molecular complexity index is 928. The number of rotatable bonds is 4. The van der Waals surface area contributed by atoms with Gasteiger partial charge < -0.3 is 4.74 Å². The van der Waals surface area contributed by atoms with Gasteiger partial charge in [-0.3, -0.25) is 9.45 Å². The number of amides is 1. The van der Waals surface area contributed by atoms with Crippen LogP contribution in [0.2, 0.25) is 0 Å². The summed E-state index contributed by atoms with van der Waals surface area (Å²) in [5, 5.41) is 0. The van der Waals surface area contributed by atoms with Gasteiger partial charge in [0.15, 0.2) is 0 Å². The molecule has 0 saturated carbocycles. The van der Waals surface area contributed by atoms with Crippen LogP contribution in [-0.2, 0) is 21.3 Å². The van der Waals surface area contributed by atoms with E-state index in [-0.39, 0.29) is 17.9 Å². The first-order valence-corrected chi connectivity index (χ1v) is 8.99. The van der Waals surface area contributed by atoms with E-state index in [9.17, 15) is 22.2 Å². The van der Waals surface area contributed by atoms with E-state index in [4.69, 9.17) is 4.74 Å². The number of aryl methyl sites for hydroxylation is 1. The minimum Gasteiger partial charge on any atom is -0.444 e. The molecular formula is C17H16FNO5S.